The van der Waals surface area contributed by atoms with E-state index in [4.69, 9.17) is 35.4 Å². The number of halogens is 2. The number of amides is 1. The zero-order valence-corrected chi connectivity index (χ0v) is 13.8. The molecule has 0 N–H and O–H groups in total. The smallest absolute Gasteiger partial charge is 0.263 e. The van der Waals surface area contributed by atoms with E-state index in [0.29, 0.717) is 26.4 Å². The molecule has 0 spiro atoms. The Hall–Kier alpha value is -1.07. The van der Waals surface area contributed by atoms with Gasteiger partial charge in [-0.05, 0) is 30.3 Å². The van der Waals surface area contributed by atoms with Gasteiger partial charge in [0.15, 0.2) is 0 Å². The lowest BCUT2D eigenvalue weighted by molar-refractivity contribution is 0.100. The van der Waals surface area contributed by atoms with Gasteiger partial charge in [-0.1, -0.05) is 47.6 Å². The summed E-state index contributed by atoms with van der Waals surface area (Å²) in [6, 6.07) is 12.6. The highest BCUT2D eigenvalue weighted by molar-refractivity contribution is 8.01. The van der Waals surface area contributed by atoms with Gasteiger partial charge in [0.05, 0.1) is 15.7 Å². The van der Waals surface area contributed by atoms with Gasteiger partial charge in [0.1, 0.15) is 4.99 Å². The van der Waals surface area contributed by atoms with Crippen molar-refractivity contribution in [1.29, 1.82) is 0 Å². The third kappa shape index (κ3) is 2.81. The second kappa shape index (κ2) is 5.97. The summed E-state index contributed by atoms with van der Waals surface area (Å²) in [6.07, 6.45) is 0. The van der Waals surface area contributed by atoms with Gasteiger partial charge in [-0.2, -0.15) is 0 Å². The third-order valence-corrected chi connectivity index (χ3v) is 5.40. The molecule has 6 heteroatoms. The summed E-state index contributed by atoms with van der Waals surface area (Å²) < 4.78 is 0. The van der Waals surface area contributed by atoms with Gasteiger partial charge >= 0.3 is 0 Å². The van der Waals surface area contributed by atoms with E-state index in [1.54, 1.807) is 34.9 Å². The largest absolute Gasteiger partial charge is 0.269 e. The molecule has 0 saturated carbocycles. The van der Waals surface area contributed by atoms with Crippen molar-refractivity contribution in [3.63, 3.8) is 0 Å². The standard InChI is InChI=1S/C15H9Cl2NOS2/c16-10-6-5-9(7-11(10)17)15(19)18-12-3-1-2-4-13(12)21-8-14(18)20/h1-7H,8H2. The van der Waals surface area contributed by atoms with Crippen LogP contribution in [0.15, 0.2) is 47.4 Å². The van der Waals surface area contributed by atoms with E-state index in [1.807, 2.05) is 24.3 Å². The molecule has 0 aromatic heterocycles. The Kier molecular flexibility index (Phi) is 4.22. The first-order valence-corrected chi connectivity index (χ1v) is 8.27. The zero-order valence-electron chi connectivity index (χ0n) is 10.7. The average molecular weight is 354 g/mol. The summed E-state index contributed by atoms with van der Waals surface area (Å²) in [5, 5.41) is 0.776. The van der Waals surface area contributed by atoms with E-state index in [2.05, 4.69) is 0 Å². The molecule has 0 atom stereocenters. The highest BCUT2D eigenvalue weighted by Gasteiger charge is 2.28. The Morgan fingerprint density at radius 3 is 2.67 bits per heavy atom. The Labute approximate surface area is 142 Å². The summed E-state index contributed by atoms with van der Waals surface area (Å²) >= 11 is 18.9. The molecule has 2 nitrogen and oxygen atoms in total. The molecule has 0 unspecified atom stereocenters. The lowest BCUT2D eigenvalue weighted by Gasteiger charge is -2.29. The van der Waals surface area contributed by atoms with Crippen LogP contribution >= 0.6 is 47.2 Å². The fourth-order valence-electron chi connectivity index (χ4n) is 2.08. The van der Waals surface area contributed by atoms with Crippen LogP contribution in [0.2, 0.25) is 10.0 Å². The molecule has 106 valence electrons. The molecule has 1 aliphatic heterocycles. The van der Waals surface area contributed by atoms with Gasteiger partial charge in [0, 0.05) is 16.2 Å². The molecule has 1 aliphatic rings. The summed E-state index contributed by atoms with van der Waals surface area (Å²) in [4.78, 5) is 16.0. The van der Waals surface area contributed by atoms with Crippen molar-refractivity contribution in [2.45, 2.75) is 4.90 Å². The SMILES string of the molecule is O=C(c1ccc(Cl)c(Cl)c1)N1C(=S)CSc2ccccc21. The second-order valence-electron chi connectivity index (χ2n) is 4.42. The maximum atomic E-state index is 12.8. The maximum absolute atomic E-state index is 12.8. The number of thioether (sulfide) groups is 1. The molecular formula is C15H9Cl2NOS2. The number of para-hydroxylation sites is 1. The fraction of sp³-hybridized carbons (Fsp3) is 0.0667. The first kappa shape index (κ1) is 14.9. The van der Waals surface area contributed by atoms with E-state index in [0.717, 1.165) is 10.6 Å². The molecular weight excluding hydrogens is 345 g/mol. The van der Waals surface area contributed by atoms with E-state index >= 15 is 0 Å². The summed E-state index contributed by atoms with van der Waals surface area (Å²) in [7, 11) is 0. The van der Waals surface area contributed by atoms with Crippen LogP contribution in [0.25, 0.3) is 0 Å². The fourth-order valence-corrected chi connectivity index (χ4v) is 3.63. The number of benzene rings is 2. The van der Waals surface area contributed by atoms with Crippen molar-refractivity contribution < 1.29 is 4.79 Å². The highest BCUT2D eigenvalue weighted by atomic mass is 35.5. The van der Waals surface area contributed by atoms with Crippen LogP contribution in [0.5, 0.6) is 0 Å². The first-order chi connectivity index (χ1) is 10.1. The predicted octanol–water partition coefficient (Wildman–Crippen LogP) is 5.07. The molecule has 0 fully saturated rings. The molecule has 21 heavy (non-hydrogen) atoms. The van der Waals surface area contributed by atoms with Crippen molar-refractivity contribution >= 4 is 63.8 Å². The van der Waals surface area contributed by atoms with Gasteiger partial charge in [0.2, 0.25) is 0 Å². The number of thiocarbonyl (C=S) groups is 1. The number of rotatable bonds is 1. The number of hydrogen-bond donors (Lipinski definition) is 0. The van der Waals surface area contributed by atoms with Crippen LogP contribution in [0, 0.1) is 0 Å². The average Bonchev–Trinajstić information content (AvgIpc) is 2.49. The van der Waals surface area contributed by atoms with Crippen molar-refractivity contribution in [2.75, 3.05) is 10.7 Å². The van der Waals surface area contributed by atoms with Crippen LogP contribution in [0.1, 0.15) is 10.4 Å². The quantitative estimate of drug-likeness (QED) is 0.667. The Balaban J connectivity index is 2.04. The summed E-state index contributed by atoms with van der Waals surface area (Å²) in [5.74, 6) is 0.422. The molecule has 3 rings (SSSR count). The molecule has 2 aromatic carbocycles. The summed E-state index contributed by atoms with van der Waals surface area (Å²) in [5.41, 5.74) is 1.28. The molecule has 1 heterocycles. The number of anilines is 1. The lowest BCUT2D eigenvalue weighted by Crippen LogP contribution is -2.39. The summed E-state index contributed by atoms with van der Waals surface area (Å²) in [6.45, 7) is 0. The van der Waals surface area contributed by atoms with E-state index < -0.39 is 0 Å². The number of hydrogen-bond acceptors (Lipinski definition) is 3. The minimum Gasteiger partial charge on any atom is -0.269 e. The number of fused-ring (bicyclic) bond motifs is 1. The van der Waals surface area contributed by atoms with Crippen LogP contribution < -0.4 is 4.90 Å². The minimum atomic E-state index is -0.189. The molecule has 0 radical (unpaired) electrons. The molecule has 1 amide bonds. The van der Waals surface area contributed by atoms with E-state index in [1.165, 1.54) is 0 Å². The zero-order chi connectivity index (χ0) is 15.0. The number of nitrogens with zero attached hydrogens (tertiary/aromatic N) is 1. The Morgan fingerprint density at radius 2 is 1.90 bits per heavy atom. The Bertz CT molecular complexity index is 748. The van der Waals surface area contributed by atoms with E-state index in [9.17, 15) is 4.79 Å². The van der Waals surface area contributed by atoms with Crippen molar-refractivity contribution in [3.8, 4) is 0 Å². The Morgan fingerprint density at radius 1 is 1.14 bits per heavy atom. The van der Waals surface area contributed by atoms with Gasteiger partial charge in [-0.15, -0.1) is 11.8 Å². The first-order valence-electron chi connectivity index (χ1n) is 6.12. The van der Waals surface area contributed by atoms with Crippen LogP contribution in [-0.4, -0.2) is 16.6 Å². The van der Waals surface area contributed by atoms with Gasteiger partial charge < -0.3 is 0 Å². The lowest BCUT2D eigenvalue weighted by atomic mass is 10.1. The van der Waals surface area contributed by atoms with Crippen LogP contribution in [0.3, 0.4) is 0 Å². The minimum absolute atomic E-state index is 0.189. The third-order valence-electron chi connectivity index (χ3n) is 3.08. The predicted molar refractivity (Wildman–Crippen MR) is 93.0 cm³/mol. The van der Waals surface area contributed by atoms with Crippen molar-refractivity contribution in [3.05, 3.63) is 58.1 Å². The maximum Gasteiger partial charge on any atom is 0.263 e. The number of carbonyl (C=O) groups is 1. The van der Waals surface area contributed by atoms with Gasteiger partial charge in [-0.25, -0.2) is 0 Å². The molecule has 0 bridgehead atoms. The van der Waals surface area contributed by atoms with Crippen LogP contribution in [0.4, 0.5) is 5.69 Å². The number of carbonyl (C=O) groups excluding carboxylic acids is 1. The topological polar surface area (TPSA) is 20.3 Å². The van der Waals surface area contributed by atoms with Gasteiger partial charge in [0.25, 0.3) is 5.91 Å². The monoisotopic (exact) mass is 353 g/mol. The molecule has 0 aliphatic carbocycles. The van der Waals surface area contributed by atoms with Gasteiger partial charge in [-0.3, -0.25) is 9.69 Å². The normalized spacial score (nSPS) is 14.0. The molecule has 2 aromatic rings. The molecule has 0 saturated heterocycles. The second-order valence-corrected chi connectivity index (χ2v) is 6.72. The van der Waals surface area contributed by atoms with E-state index in [-0.39, 0.29) is 5.91 Å². The van der Waals surface area contributed by atoms with Crippen molar-refractivity contribution in [1.82, 2.24) is 0 Å². The van der Waals surface area contributed by atoms with Crippen molar-refractivity contribution in [2.24, 2.45) is 0 Å². The highest BCUT2D eigenvalue weighted by Crippen LogP contribution is 2.36. The van der Waals surface area contributed by atoms with Crippen LogP contribution in [-0.2, 0) is 0 Å².